The van der Waals surface area contributed by atoms with Gasteiger partial charge in [-0.25, -0.2) is 8.42 Å². The Hall–Kier alpha value is -2.99. The summed E-state index contributed by atoms with van der Waals surface area (Å²) >= 11 is 0. The van der Waals surface area contributed by atoms with Crippen LogP contribution in [-0.2, 0) is 16.2 Å². The van der Waals surface area contributed by atoms with Crippen LogP contribution in [0, 0.1) is 0 Å². The first-order chi connectivity index (χ1) is 15.6. The molecule has 178 valence electrons. The molecule has 0 aliphatic carbocycles. The number of benzene rings is 2. The molecule has 2 aromatic rings. The number of hydrogen-bond acceptors (Lipinski definition) is 6. The van der Waals surface area contributed by atoms with Gasteiger partial charge in [0.25, 0.3) is 5.91 Å². The van der Waals surface area contributed by atoms with Crippen molar-refractivity contribution in [1.82, 2.24) is 9.21 Å². The van der Waals surface area contributed by atoms with Crippen LogP contribution in [0.5, 0.6) is 17.2 Å². The van der Waals surface area contributed by atoms with Crippen molar-refractivity contribution in [3.8, 4) is 17.2 Å². The van der Waals surface area contributed by atoms with Crippen molar-refractivity contribution in [3.05, 3.63) is 47.5 Å². The van der Waals surface area contributed by atoms with E-state index in [9.17, 15) is 26.4 Å². The molecule has 2 aromatic carbocycles. The predicted octanol–water partition coefficient (Wildman–Crippen LogP) is 2.63. The normalized spacial score (nSPS) is 17.0. The Balaban J connectivity index is 1.46. The Bertz CT molecular complexity index is 1130. The molecular formula is C21H21F3N2O6S. The molecule has 2 aliphatic heterocycles. The lowest BCUT2D eigenvalue weighted by Gasteiger charge is -2.34. The molecule has 0 unspecified atom stereocenters. The van der Waals surface area contributed by atoms with Gasteiger partial charge in [0.2, 0.25) is 15.8 Å². The Morgan fingerprint density at radius 3 is 2.24 bits per heavy atom. The van der Waals surface area contributed by atoms with E-state index in [-0.39, 0.29) is 37.0 Å². The van der Waals surface area contributed by atoms with E-state index >= 15 is 0 Å². The van der Waals surface area contributed by atoms with Crippen LogP contribution in [0.1, 0.15) is 15.9 Å². The number of piperazine rings is 1. The van der Waals surface area contributed by atoms with Gasteiger partial charge < -0.3 is 19.1 Å². The van der Waals surface area contributed by atoms with Crippen LogP contribution < -0.4 is 14.2 Å². The van der Waals surface area contributed by atoms with Crippen molar-refractivity contribution >= 4 is 15.9 Å². The van der Waals surface area contributed by atoms with E-state index in [4.69, 9.17) is 14.2 Å². The van der Waals surface area contributed by atoms with Crippen molar-refractivity contribution in [2.75, 3.05) is 46.5 Å². The third kappa shape index (κ3) is 4.58. The lowest BCUT2D eigenvalue weighted by Crippen LogP contribution is -2.50. The van der Waals surface area contributed by atoms with Gasteiger partial charge in [-0.1, -0.05) is 0 Å². The van der Waals surface area contributed by atoms with E-state index in [0.717, 1.165) is 28.6 Å². The molecule has 0 radical (unpaired) electrons. The van der Waals surface area contributed by atoms with Crippen LogP contribution >= 0.6 is 0 Å². The van der Waals surface area contributed by atoms with Crippen LogP contribution in [0.2, 0.25) is 0 Å². The fourth-order valence-corrected chi connectivity index (χ4v) is 5.10. The molecule has 1 saturated heterocycles. The minimum absolute atomic E-state index is 0.0107. The largest absolute Gasteiger partial charge is 0.493 e. The lowest BCUT2D eigenvalue weighted by atomic mass is 10.1. The summed E-state index contributed by atoms with van der Waals surface area (Å²) < 4.78 is 81.5. The summed E-state index contributed by atoms with van der Waals surface area (Å²) in [6.07, 6.45) is -4.55. The Labute approximate surface area is 188 Å². The fourth-order valence-electron chi connectivity index (χ4n) is 3.68. The first kappa shape index (κ1) is 23.2. The zero-order valence-corrected chi connectivity index (χ0v) is 18.4. The van der Waals surface area contributed by atoms with E-state index in [1.165, 1.54) is 12.0 Å². The summed E-state index contributed by atoms with van der Waals surface area (Å²) in [5.41, 5.74) is -0.609. The van der Waals surface area contributed by atoms with Crippen molar-refractivity contribution < 1.29 is 40.6 Å². The SMILES string of the molecule is COc1cc(C(=O)N2CCN(S(=O)(=O)c3ccc(C(F)(F)F)cc3)CC2)cc2c1OCCO2. The van der Waals surface area contributed by atoms with Crippen molar-refractivity contribution in [3.63, 3.8) is 0 Å². The smallest absolute Gasteiger partial charge is 0.416 e. The van der Waals surface area contributed by atoms with Gasteiger partial charge in [0, 0.05) is 31.7 Å². The average molecular weight is 486 g/mol. The first-order valence-electron chi connectivity index (χ1n) is 10.1. The highest BCUT2D eigenvalue weighted by Crippen LogP contribution is 2.40. The monoisotopic (exact) mass is 486 g/mol. The van der Waals surface area contributed by atoms with Crippen LogP contribution in [0.4, 0.5) is 13.2 Å². The highest BCUT2D eigenvalue weighted by atomic mass is 32.2. The van der Waals surface area contributed by atoms with E-state index in [2.05, 4.69) is 0 Å². The van der Waals surface area contributed by atoms with Crippen molar-refractivity contribution in [1.29, 1.82) is 0 Å². The molecule has 4 rings (SSSR count). The number of ether oxygens (including phenoxy) is 3. The molecule has 0 spiro atoms. The zero-order valence-electron chi connectivity index (χ0n) is 17.6. The van der Waals surface area contributed by atoms with Gasteiger partial charge in [0.05, 0.1) is 17.6 Å². The van der Waals surface area contributed by atoms with E-state index in [1.54, 1.807) is 12.1 Å². The summed E-state index contributed by atoms with van der Waals surface area (Å²) in [5.74, 6) is 0.858. The number of methoxy groups -OCH3 is 1. The zero-order chi connectivity index (χ0) is 23.8. The summed E-state index contributed by atoms with van der Waals surface area (Å²) in [7, 11) is -2.54. The number of carbonyl (C=O) groups is 1. The Morgan fingerprint density at radius 2 is 1.64 bits per heavy atom. The second-order valence-electron chi connectivity index (χ2n) is 7.42. The van der Waals surface area contributed by atoms with Gasteiger partial charge in [-0.05, 0) is 36.4 Å². The minimum atomic E-state index is -4.55. The molecule has 0 saturated carbocycles. The molecule has 12 heteroatoms. The van der Waals surface area contributed by atoms with Gasteiger partial charge in [-0.3, -0.25) is 4.79 Å². The molecule has 1 fully saturated rings. The van der Waals surface area contributed by atoms with Crippen LogP contribution in [0.15, 0.2) is 41.3 Å². The van der Waals surface area contributed by atoms with Gasteiger partial charge in [-0.15, -0.1) is 0 Å². The third-order valence-corrected chi connectivity index (χ3v) is 7.33. The van der Waals surface area contributed by atoms with E-state index < -0.39 is 21.8 Å². The number of halogens is 3. The standard InChI is InChI=1S/C21H21F3N2O6S/c1-30-17-12-14(13-18-19(17)32-11-10-31-18)20(27)25-6-8-26(9-7-25)33(28,29)16-4-2-15(3-5-16)21(22,23)24/h2-5,12-13H,6-11H2,1H3. The molecule has 0 atom stereocenters. The fraction of sp³-hybridized carbons (Fsp3) is 0.381. The molecule has 0 aromatic heterocycles. The maximum atomic E-state index is 13.0. The number of hydrogen-bond donors (Lipinski definition) is 0. The molecule has 33 heavy (non-hydrogen) atoms. The summed E-state index contributed by atoms with van der Waals surface area (Å²) in [5, 5.41) is 0. The predicted molar refractivity (Wildman–Crippen MR) is 110 cm³/mol. The first-order valence-corrected chi connectivity index (χ1v) is 11.5. The second-order valence-corrected chi connectivity index (χ2v) is 9.36. The maximum absolute atomic E-state index is 13.0. The lowest BCUT2D eigenvalue weighted by molar-refractivity contribution is -0.137. The number of alkyl halides is 3. The molecule has 2 aliphatic rings. The number of fused-ring (bicyclic) bond motifs is 1. The Morgan fingerprint density at radius 1 is 1.00 bits per heavy atom. The van der Waals surface area contributed by atoms with Crippen LogP contribution in [-0.4, -0.2) is 70.0 Å². The van der Waals surface area contributed by atoms with Crippen LogP contribution in [0.25, 0.3) is 0 Å². The molecule has 1 amide bonds. The number of sulfonamides is 1. The maximum Gasteiger partial charge on any atom is 0.416 e. The molecule has 2 heterocycles. The summed E-state index contributed by atoms with van der Waals surface area (Å²) in [6.45, 7) is 0.971. The Kier molecular flexibility index (Phi) is 6.14. The summed E-state index contributed by atoms with van der Waals surface area (Å²) in [4.78, 5) is 14.3. The van der Waals surface area contributed by atoms with Crippen LogP contribution in [0.3, 0.4) is 0 Å². The van der Waals surface area contributed by atoms with E-state index in [0.29, 0.717) is 36.0 Å². The molecule has 0 N–H and O–H groups in total. The quantitative estimate of drug-likeness (QED) is 0.661. The second kappa shape index (κ2) is 8.75. The topological polar surface area (TPSA) is 85.4 Å². The number of rotatable bonds is 4. The number of carbonyl (C=O) groups excluding carboxylic acids is 1. The highest BCUT2D eigenvalue weighted by molar-refractivity contribution is 7.89. The highest BCUT2D eigenvalue weighted by Gasteiger charge is 2.34. The summed E-state index contributed by atoms with van der Waals surface area (Å²) in [6, 6.07) is 6.46. The third-order valence-electron chi connectivity index (χ3n) is 5.42. The average Bonchev–Trinajstić information content (AvgIpc) is 2.82. The molecule has 8 nitrogen and oxygen atoms in total. The number of nitrogens with zero attached hydrogens (tertiary/aromatic N) is 2. The van der Waals surface area contributed by atoms with E-state index in [1.807, 2.05) is 0 Å². The van der Waals surface area contributed by atoms with Crippen molar-refractivity contribution in [2.24, 2.45) is 0 Å². The van der Waals surface area contributed by atoms with Crippen molar-refractivity contribution in [2.45, 2.75) is 11.1 Å². The molecule has 0 bridgehead atoms. The van der Waals surface area contributed by atoms with Gasteiger partial charge in [0.1, 0.15) is 13.2 Å². The molecular weight excluding hydrogens is 465 g/mol. The van der Waals surface area contributed by atoms with Gasteiger partial charge in [-0.2, -0.15) is 17.5 Å². The number of amides is 1. The van der Waals surface area contributed by atoms with Gasteiger partial charge >= 0.3 is 6.18 Å². The van der Waals surface area contributed by atoms with Gasteiger partial charge in [0.15, 0.2) is 11.5 Å². The minimum Gasteiger partial charge on any atom is -0.493 e.